The standard InChI is InChI=1S/C18H14N2O4/c1-23-9-6-7-13-12(8-9)16(21)14(18(22)24-13)15-10-4-2-3-5-11(10)17(19)20-15/h2-8,15,21H,1H3,(H2,19,20). The molecule has 1 aromatic heterocycles. The Labute approximate surface area is 136 Å². The van der Waals surface area contributed by atoms with Crippen molar-refractivity contribution in [2.75, 3.05) is 7.11 Å². The first kappa shape index (κ1) is 14.3. The molecule has 1 unspecified atom stereocenters. The van der Waals surface area contributed by atoms with Gasteiger partial charge in [0.25, 0.3) is 0 Å². The second-order valence-electron chi connectivity index (χ2n) is 5.52. The molecule has 1 atom stereocenters. The quantitative estimate of drug-likeness (QED) is 0.706. The Morgan fingerprint density at radius 1 is 1.25 bits per heavy atom. The zero-order valence-electron chi connectivity index (χ0n) is 12.8. The highest BCUT2D eigenvalue weighted by Crippen LogP contribution is 2.39. The monoisotopic (exact) mass is 322 g/mol. The number of aliphatic imine (C=N–C) groups is 1. The number of nitrogens with zero attached hydrogens (tertiary/aromatic N) is 1. The summed E-state index contributed by atoms with van der Waals surface area (Å²) in [7, 11) is 1.52. The molecule has 0 saturated carbocycles. The molecule has 0 spiro atoms. The van der Waals surface area contributed by atoms with Crippen LogP contribution in [0.5, 0.6) is 11.5 Å². The van der Waals surface area contributed by atoms with E-state index >= 15 is 0 Å². The van der Waals surface area contributed by atoms with Gasteiger partial charge >= 0.3 is 5.63 Å². The van der Waals surface area contributed by atoms with Gasteiger partial charge in [0.2, 0.25) is 0 Å². The number of benzene rings is 2. The van der Waals surface area contributed by atoms with E-state index in [0.29, 0.717) is 17.0 Å². The molecule has 6 nitrogen and oxygen atoms in total. The molecule has 24 heavy (non-hydrogen) atoms. The van der Waals surface area contributed by atoms with E-state index in [2.05, 4.69) is 4.99 Å². The molecule has 0 bridgehead atoms. The van der Waals surface area contributed by atoms with Gasteiger partial charge in [0, 0.05) is 5.56 Å². The molecule has 1 aliphatic heterocycles. The molecule has 2 aromatic carbocycles. The largest absolute Gasteiger partial charge is 0.507 e. The van der Waals surface area contributed by atoms with Gasteiger partial charge in [0.15, 0.2) is 0 Å². The van der Waals surface area contributed by atoms with Crippen LogP contribution in [-0.2, 0) is 0 Å². The van der Waals surface area contributed by atoms with Crippen molar-refractivity contribution in [1.29, 1.82) is 0 Å². The van der Waals surface area contributed by atoms with Crippen LogP contribution in [0, 0.1) is 0 Å². The lowest BCUT2D eigenvalue weighted by atomic mass is 9.97. The Hall–Kier alpha value is -3.28. The summed E-state index contributed by atoms with van der Waals surface area (Å²) in [6.45, 7) is 0. The predicted octanol–water partition coefficient (Wildman–Crippen LogP) is 2.32. The summed E-state index contributed by atoms with van der Waals surface area (Å²) in [5, 5.41) is 11.1. The number of nitrogens with two attached hydrogens (primary N) is 1. The Morgan fingerprint density at radius 2 is 2.04 bits per heavy atom. The molecule has 0 fully saturated rings. The number of hydrogen-bond donors (Lipinski definition) is 2. The van der Waals surface area contributed by atoms with Crippen molar-refractivity contribution in [3.63, 3.8) is 0 Å². The summed E-state index contributed by atoms with van der Waals surface area (Å²) >= 11 is 0. The van der Waals surface area contributed by atoms with E-state index in [1.807, 2.05) is 24.3 Å². The van der Waals surface area contributed by atoms with Gasteiger partial charge in [-0.1, -0.05) is 24.3 Å². The van der Waals surface area contributed by atoms with Crippen molar-refractivity contribution in [2.24, 2.45) is 10.7 Å². The van der Waals surface area contributed by atoms with Crippen LogP contribution < -0.4 is 16.1 Å². The first-order chi connectivity index (χ1) is 11.6. The summed E-state index contributed by atoms with van der Waals surface area (Å²) in [6.07, 6.45) is 0. The SMILES string of the molecule is COc1ccc2oc(=O)c(C3N=C(N)c4ccccc43)c(O)c2c1. The second kappa shape index (κ2) is 5.13. The van der Waals surface area contributed by atoms with Gasteiger partial charge in [0.05, 0.1) is 12.5 Å². The Bertz CT molecular complexity index is 1050. The van der Waals surface area contributed by atoms with Crippen LogP contribution in [0.3, 0.4) is 0 Å². The van der Waals surface area contributed by atoms with Gasteiger partial charge in [-0.15, -0.1) is 0 Å². The van der Waals surface area contributed by atoms with Crippen LogP contribution in [0.1, 0.15) is 22.7 Å². The fourth-order valence-corrected chi connectivity index (χ4v) is 3.01. The summed E-state index contributed by atoms with van der Waals surface area (Å²) < 4.78 is 10.5. The highest BCUT2D eigenvalue weighted by atomic mass is 16.5. The summed E-state index contributed by atoms with van der Waals surface area (Å²) in [5.41, 5.74) is 7.19. The van der Waals surface area contributed by atoms with Gasteiger partial charge in [0.1, 0.15) is 34.5 Å². The van der Waals surface area contributed by atoms with E-state index in [-0.39, 0.29) is 16.9 Å². The van der Waals surface area contributed by atoms with Crippen LogP contribution in [0.15, 0.2) is 56.7 Å². The van der Waals surface area contributed by atoms with Gasteiger partial charge in [-0.25, -0.2) is 4.79 Å². The summed E-state index contributed by atoms with van der Waals surface area (Å²) in [4.78, 5) is 16.8. The molecule has 0 aliphatic carbocycles. The zero-order chi connectivity index (χ0) is 16.8. The maximum Gasteiger partial charge on any atom is 0.345 e. The summed E-state index contributed by atoms with van der Waals surface area (Å²) in [5.74, 6) is 0.714. The molecule has 3 N–H and O–H groups in total. The first-order valence-corrected chi connectivity index (χ1v) is 7.36. The zero-order valence-corrected chi connectivity index (χ0v) is 12.8. The van der Waals surface area contributed by atoms with Crippen LogP contribution in [0.25, 0.3) is 11.0 Å². The van der Waals surface area contributed by atoms with Crippen LogP contribution >= 0.6 is 0 Å². The Balaban J connectivity index is 2.00. The molecular weight excluding hydrogens is 308 g/mol. The van der Waals surface area contributed by atoms with E-state index < -0.39 is 11.7 Å². The average molecular weight is 322 g/mol. The maximum atomic E-state index is 12.4. The normalized spacial score (nSPS) is 16.0. The van der Waals surface area contributed by atoms with E-state index in [1.165, 1.54) is 7.11 Å². The molecule has 0 saturated heterocycles. The number of methoxy groups -OCH3 is 1. The molecule has 2 heterocycles. The van der Waals surface area contributed by atoms with E-state index in [0.717, 1.165) is 11.1 Å². The smallest absolute Gasteiger partial charge is 0.345 e. The third-order valence-electron chi connectivity index (χ3n) is 4.19. The number of fused-ring (bicyclic) bond motifs is 2. The van der Waals surface area contributed by atoms with Gasteiger partial charge in [-0.05, 0) is 23.8 Å². The molecule has 4 rings (SSSR count). The van der Waals surface area contributed by atoms with Crippen LogP contribution in [-0.4, -0.2) is 18.1 Å². The lowest BCUT2D eigenvalue weighted by Crippen LogP contribution is -2.12. The minimum Gasteiger partial charge on any atom is -0.507 e. The van der Waals surface area contributed by atoms with E-state index in [4.69, 9.17) is 14.9 Å². The number of amidine groups is 1. The first-order valence-electron chi connectivity index (χ1n) is 7.36. The molecule has 1 aliphatic rings. The number of ether oxygens (including phenoxy) is 1. The molecule has 0 amide bonds. The fraction of sp³-hybridized carbons (Fsp3) is 0.111. The Kier molecular flexibility index (Phi) is 3.06. The van der Waals surface area contributed by atoms with Crippen molar-refractivity contribution in [2.45, 2.75) is 6.04 Å². The second-order valence-corrected chi connectivity index (χ2v) is 5.52. The molecular formula is C18H14N2O4. The lowest BCUT2D eigenvalue weighted by Gasteiger charge is -2.12. The number of aromatic hydroxyl groups is 1. The van der Waals surface area contributed by atoms with E-state index in [1.54, 1.807) is 18.2 Å². The minimum atomic E-state index is -0.687. The molecule has 0 radical (unpaired) electrons. The van der Waals surface area contributed by atoms with Crippen LogP contribution in [0.4, 0.5) is 0 Å². The molecule has 120 valence electrons. The van der Waals surface area contributed by atoms with Crippen molar-refractivity contribution in [3.8, 4) is 11.5 Å². The van der Waals surface area contributed by atoms with Crippen molar-refractivity contribution in [1.82, 2.24) is 0 Å². The van der Waals surface area contributed by atoms with Crippen molar-refractivity contribution < 1.29 is 14.3 Å². The van der Waals surface area contributed by atoms with E-state index in [9.17, 15) is 9.90 Å². The van der Waals surface area contributed by atoms with Crippen molar-refractivity contribution in [3.05, 3.63) is 69.6 Å². The number of rotatable bonds is 2. The topological polar surface area (TPSA) is 98.0 Å². The van der Waals surface area contributed by atoms with Gasteiger partial charge < -0.3 is 20.0 Å². The third kappa shape index (κ3) is 1.96. The maximum absolute atomic E-state index is 12.4. The minimum absolute atomic E-state index is 0.0728. The molecule has 6 heteroatoms. The highest BCUT2D eigenvalue weighted by Gasteiger charge is 2.30. The fourth-order valence-electron chi connectivity index (χ4n) is 3.01. The van der Waals surface area contributed by atoms with Crippen LogP contribution in [0.2, 0.25) is 0 Å². The van der Waals surface area contributed by atoms with Gasteiger partial charge in [-0.3, -0.25) is 4.99 Å². The Morgan fingerprint density at radius 3 is 2.83 bits per heavy atom. The highest BCUT2D eigenvalue weighted by molar-refractivity contribution is 6.02. The predicted molar refractivity (Wildman–Crippen MR) is 89.7 cm³/mol. The third-order valence-corrected chi connectivity index (χ3v) is 4.19. The summed E-state index contributed by atoms with van der Waals surface area (Å²) in [6, 6.07) is 11.5. The van der Waals surface area contributed by atoms with Gasteiger partial charge in [-0.2, -0.15) is 0 Å². The average Bonchev–Trinajstić information content (AvgIpc) is 2.92. The van der Waals surface area contributed by atoms with Crippen molar-refractivity contribution >= 4 is 16.8 Å². The lowest BCUT2D eigenvalue weighted by molar-refractivity contribution is 0.413. The number of hydrogen-bond acceptors (Lipinski definition) is 6. The molecule has 3 aromatic rings.